The molecule has 0 radical (unpaired) electrons. The zero-order valence-corrected chi connectivity index (χ0v) is 15.0. The lowest BCUT2D eigenvalue weighted by atomic mass is 10.3. The van der Waals surface area contributed by atoms with E-state index in [-0.39, 0.29) is 12.6 Å². The number of benzene rings is 1. The van der Waals surface area contributed by atoms with E-state index in [1.807, 2.05) is 6.92 Å². The first-order chi connectivity index (χ1) is 11.6. The van der Waals surface area contributed by atoms with Crippen molar-refractivity contribution in [2.75, 3.05) is 26.8 Å². The Morgan fingerprint density at radius 3 is 2.75 bits per heavy atom. The van der Waals surface area contributed by atoms with Crippen LogP contribution in [0.5, 0.6) is 11.5 Å². The molecule has 0 aliphatic rings. The Balaban J connectivity index is 2.02. The molecule has 0 saturated heterocycles. The average molecular weight is 372 g/mol. The van der Waals surface area contributed by atoms with Gasteiger partial charge in [0.05, 0.1) is 18.7 Å². The van der Waals surface area contributed by atoms with Gasteiger partial charge in [0.25, 0.3) is 0 Å². The minimum Gasteiger partial charge on any atom is -0.493 e. The molecule has 1 amide bonds. The van der Waals surface area contributed by atoms with E-state index in [1.54, 1.807) is 29.4 Å². The van der Waals surface area contributed by atoms with Gasteiger partial charge in [-0.2, -0.15) is 0 Å². The second-order valence-electron chi connectivity index (χ2n) is 5.01. The van der Waals surface area contributed by atoms with Crippen LogP contribution >= 0.6 is 23.2 Å². The van der Waals surface area contributed by atoms with Crippen molar-refractivity contribution < 1.29 is 14.3 Å². The van der Waals surface area contributed by atoms with Crippen molar-refractivity contribution in [2.45, 2.75) is 13.3 Å². The smallest absolute Gasteiger partial charge is 0.329 e. The van der Waals surface area contributed by atoms with Crippen molar-refractivity contribution in [3.8, 4) is 11.5 Å². The Labute approximate surface area is 150 Å². The second kappa shape index (κ2) is 8.80. The van der Waals surface area contributed by atoms with Gasteiger partial charge in [0.2, 0.25) is 0 Å². The largest absolute Gasteiger partial charge is 0.493 e. The number of hydrogen-bond acceptors (Lipinski definition) is 4. The first-order valence-electron chi connectivity index (χ1n) is 7.49. The van der Waals surface area contributed by atoms with Gasteiger partial charge in [-0.25, -0.2) is 9.78 Å². The Morgan fingerprint density at radius 2 is 2.12 bits per heavy atom. The lowest BCUT2D eigenvalue weighted by molar-refractivity contribution is 0.182. The number of ether oxygens (including phenoxy) is 2. The van der Waals surface area contributed by atoms with Gasteiger partial charge in [0.15, 0.2) is 11.5 Å². The minimum atomic E-state index is -0.146. The van der Waals surface area contributed by atoms with E-state index in [2.05, 4.69) is 4.98 Å². The molecular weight excluding hydrogens is 353 g/mol. The molecule has 1 aromatic heterocycles. The van der Waals surface area contributed by atoms with E-state index in [0.29, 0.717) is 34.6 Å². The minimum absolute atomic E-state index is 0.146. The first kappa shape index (κ1) is 18.4. The van der Waals surface area contributed by atoms with Crippen LogP contribution in [0, 0.1) is 0 Å². The van der Waals surface area contributed by atoms with Crippen molar-refractivity contribution in [1.82, 2.24) is 14.5 Å². The molecule has 0 unspecified atom stereocenters. The number of amides is 1. The third-order valence-electron chi connectivity index (χ3n) is 3.29. The van der Waals surface area contributed by atoms with E-state index >= 15 is 0 Å². The van der Waals surface area contributed by atoms with Crippen molar-refractivity contribution >= 4 is 29.2 Å². The average Bonchev–Trinajstić information content (AvgIpc) is 3.09. The third-order valence-corrected chi connectivity index (χ3v) is 3.79. The molecule has 130 valence electrons. The van der Waals surface area contributed by atoms with Crippen LogP contribution in [0.3, 0.4) is 0 Å². The standard InChI is InChI=1S/C16H19Cl2N3O3/c1-3-5-20(16(22)21-6-4-19-11-21)7-8-24-15-13(18)9-12(17)10-14(15)23-2/h4,6,9-11H,3,5,7-8H2,1-2H3. The fourth-order valence-electron chi connectivity index (χ4n) is 2.19. The van der Waals surface area contributed by atoms with Crippen LogP contribution in [0.4, 0.5) is 4.79 Å². The highest BCUT2D eigenvalue weighted by atomic mass is 35.5. The highest BCUT2D eigenvalue weighted by molar-refractivity contribution is 6.35. The van der Waals surface area contributed by atoms with Gasteiger partial charge in [-0.05, 0) is 12.5 Å². The molecule has 24 heavy (non-hydrogen) atoms. The molecular formula is C16H19Cl2N3O3. The van der Waals surface area contributed by atoms with Crippen molar-refractivity contribution in [2.24, 2.45) is 0 Å². The van der Waals surface area contributed by atoms with Gasteiger partial charge < -0.3 is 14.4 Å². The summed E-state index contributed by atoms with van der Waals surface area (Å²) in [4.78, 5) is 18.0. The molecule has 0 atom stereocenters. The van der Waals surface area contributed by atoms with Gasteiger partial charge in [-0.3, -0.25) is 4.57 Å². The summed E-state index contributed by atoms with van der Waals surface area (Å²) in [5, 5.41) is 0.828. The van der Waals surface area contributed by atoms with Gasteiger partial charge in [-0.1, -0.05) is 30.1 Å². The quantitative estimate of drug-likeness (QED) is 0.738. The van der Waals surface area contributed by atoms with Crippen LogP contribution in [-0.4, -0.2) is 47.3 Å². The van der Waals surface area contributed by atoms with Crippen LogP contribution in [0.25, 0.3) is 0 Å². The van der Waals surface area contributed by atoms with E-state index in [4.69, 9.17) is 32.7 Å². The van der Waals surface area contributed by atoms with Gasteiger partial charge in [-0.15, -0.1) is 0 Å². The molecule has 6 nitrogen and oxygen atoms in total. The summed E-state index contributed by atoms with van der Waals surface area (Å²) < 4.78 is 12.4. The number of imidazole rings is 1. The van der Waals surface area contributed by atoms with Crippen LogP contribution in [-0.2, 0) is 0 Å². The third kappa shape index (κ3) is 4.55. The topological polar surface area (TPSA) is 56.6 Å². The number of hydrogen-bond donors (Lipinski definition) is 0. The SMILES string of the molecule is CCCN(CCOc1c(Cl)cc(Cl)cc1OC)C(=O)n1ccnc1. The number of nitrogens with zero attached hydrogens (tertiary/aromatic N) is 3. The summed E-state index contributed by atoms with van der Waals surface area (Å²) in [6, 6.07) is 3.07. The number of carbonyl (C=O) groups is 1. The van der Waals surface area contributed by atoms with E-state index in [0.717, 1.165) is 6.42 Å². The number of methoxy groups -OCH3 is 1. The molecule has 0 bridgehead atoms. The van der Waals surface area contributed by atoms with Crippen LogP contribution in [0.1, 0.15) is 13.3 Å². The van der Waals surface area contributed by atoms with E-state index < -0.39 is 0 Å². The normalized spacial score (nSPS) is 10.5. The molecule has 0 N–H and O–H groups in total. The maximum atomic E-state index is 12.4. The molecule has 8 heteroatoms. The van der Waals surface area contributed by atoms with Crippen molar-refractivity contribution in [3.05, 3.63) is 40.9 Å². The summed E-state index contributed by atoms with van der Waals surface area (Å²) >= 11 is 12.1. The second-order valence-corrected chi connectivity index (χ2v) is 5.85. The number of rotatable bonds is 7. The molecule has 2 aromatic rings. The molecule has 0 aliphatic heterocycles. The number of aromatic nitrogens is 2. The van der Waals surface area contributed by atoms with Gasteiger partial charge in [0.1, 0.15) is 12.9 Å². The van der Waals surface area contributed by atoms with Gasteiger partial charge in [0, 0.05) is 30.0 Å². The molecule has 0 fully saturated rings. The zero-order valence-electron chi connectivity index (χ0n) is 13.5. The molecule has 2 rings (SSSR count). The molecule has 1 heterocycles. The Hall–Kier alpha value is -1.92. The highest BCUT2D eigenvalue weighted by Crippen LogP contribution is 2.37. The Bertz CT molecular complexity index is 677. The van der Waals surface area contributed by atoms with Crippen LogP contribution in [0.15, 0.2) is 30.9 Å². The Morgan fingerprint density at radius 1 is 1.33 bits per heavy atom. The monoisotopic (exact) mass is 371 g/mol. The van der Waals surface area contributed by atoms with Crippen molar-refractivity contribution in [3.63, 3.8) is 0 Å². The molecule has 0 spiro atoms. The van der Waals surface area contributed by atoms with Crippen molar-refractivity contribution in [1.29, 1.82) is 0 Å². The highest BCUT2D eigenvalue weighted by Gasteiger charge is 2.16. The summed E-state index contributed by atoms with van der Waals surface area (Å²) in [5.74, 6) is 0.866. The first-order valence-corrected chi connectivity index (χ1v) is 8.25. The fraction of sp³-hybridized carbons (Fsp3) is 0.375. The van der Waals surface area contributed by atoms with Crippen LogP contribution in [0.2, 0.25) is 10.0 Å². The van der Waals surface area contributed by atoms with E-state index in [1.165, 1.54) is 18.0 Å². The summed E-state index contributed by atoms with van der Waals surface area (Å²) in [7, 11) is 1.51. The van der Waals surface area contributed by atoms with Gasteiger partial charge >= 0.3 is 6.03 Å². The summed E-state index contributed by atoms with van der Waals surface area (Å²) in [5.41, 5.74) is 0. The molecule has 1 aromatic carbocycles. The fourth-order valence-corrected chi connectivity index (χ4v) is 2.72. The predicted molar refractivity (Wildman–Crippen MR) is 93.4 cm³/mol. The lowest BCUT2D eigenvalue weighted by Gasteiger charge is -2.22. The lowest BCUT2D eigenvalue weighted by Crippen LogP contribution is -2.37. The maximum absolute atomic E-state index is 12.4. The number of carbonyl (C=O) groups excluding carboxylic acids is 1. The predicted octanol–water partition coefficient (Wildman–Crippen LogP) is 3.96. The molecule has 0 saturated carbocycles. The Kier molecular flexibility index (Phi) is 6.75. The van der Waals surface area contributed by atoms with E-state index in [9.17, 15) is 4.79 Å². The summed E-state index contributed by atoms with van der Waals surface area (Å²) in [6.45, 7) is 3.31. The zero-order chi connectivity index (χ0) is 17.5. The maximum Gasteiger partial charge on any atom is 0.329 e. The molecule has 0 aliphatic carbocycles. The number of halogens is 2. The summed E-state index contributed by atoms with van der Waals surface area (Å²) in [6.07, 6.45) is 5.50. The van der Waals surface area contributed by atoms with Crippen LogP contribution < -0.4 is 9.47 Å².